The Hall–Kier alpha value is -2.21. The summed E-state index contributed by atoms with van der Waals surface area (Å²) in [6.07, 6.45) is 0.392. The zero-order chi connectivity index (χ0) is 17.7. The summed E-state index contributed by atoms with van der Waals surface area (Å²) < 4.78 is 4.91. The number of carbonyl (C=O) groups excluding carboxylic acids is 3. The largest absolute Gasteiger partial charge is 0.466 e. The molecular formula is C18H24N2O4. The standard InChI is InChI=1S/C18H24N2O4/c1-4-19(5-2)15-12-16(21)20(18(15)23)14-9-7-13(8-10-14)11-17(22)24-6-3/h7-10,15H,4-6,11-12H2,1-3H3/t15-/m0/s1. The lowest BCUT2D eigenvalue weighted by Gasteiger charge is -2.24. The minimum Gasteiger partial charge on any atom is -0.466 e. The van der Waals surface area contributed by atoms with E-state index in [2.05, 4.69) is 0 Å². The number of imide groups is 1. The highest BCUT2D eigenvalue weighted by Crippen LogP contribution is 2.26. The Bertz CT molecular complexity index is 608. The van der Waals surface area contributed by atoms with Crippen molar-refractivity contribution in [3.8, 4) is 0 Å². The summed E-state index contributed by atoms with van der Waals surface area (Å²) in [5.74, 6) is -0.656. The first-order chi connectivity index (χ1) is 11.5. The molecule has 1 atom stereocenters. The molecule has 1 fully saturated rings. The highest BCUT2D eigenvalue weighted by Gasteiger charge is 2.41. The second kappa shape index (κ2) is 8.06. The zero-order valence-corrected chi connectivity index (χ0v) is 14.4. The third-order valence-corrected chi connectivity index (χ3v) is 4.22. The predicted molar refractivity (Wildman–Crippen MR) is 90.6 cm³/mol. The Labute approximate surface area is 142 Å². The van der Waals surface area contributed by atoms with E-state index in [0.717, 1.165) is 18.7 Å². The molecule has 0 saturated carbocycles. The van der Waals surface area contributed by atoms with Crippen molar-refractivity contribution >= 4 is 23.5 Å². The summed E-state index contributed by atoms with van der Waals surface area (Å²) in [6.45, 7) is 7.53. The first-order valence-electron chi connectivity index (χ1n) is 8.37. The maximum atomic E-state index is 12.6. The molecule has 0 aromatic heterocycles. The van der Waals surface area contributed by atoms with E-state index in [9.17, 15) is 14.4 Å². The number of anilines is 1. The van der Waals surface area contributed by atoms with Crippen molar-refractivity contribution in [1.82, 2.24) is 4.90 Å². The van der Waals surface area contributed by atoms with Gasteiger partial charge in [0, 0.05) is 0 Å². The number of amides is 2. The molecule has 1 aliphatic rings. The molecule has 2 rings (SSSR count). The fourth-order valence-corrected chi connectivity index (χ4v) is 2.98. The van der Waals surface area contributed by atoms with Gasteiger partial charge in [0.05, 0.1) is 31.2 Å². The number of esters is 1. The summed E-state index contributed by atoms with van der Waals surface area (Å²) >= 11 is 0. The van der Waals surface area contributed by atoms with Crippen LogP contribution >= 0.6 is 0 Å². The lowest BCUT2D eigenvalue weighted by Crippen LogP contribution is -2.42. The van der Waals surface area contributed by atoms with Crippen LogP contribution in [0, 0.1) is 0 Å². The molecule has 0 aliphatic carbocycles. The molecule has 1 heterocycles. The number of benzene rings is 1. The van der Waals surface area contributed by atoms with Crippen LogP contribution < -0.4 is 4.90 Å². The molecule has 2 amide bonds. The Balaban J connectivity index is 2.12. The first kappa shape index (κ1) is 18.1. The van der Waals surface area contributed by atoms with Crippen LogP contribution in [0.25, 0.3) is 0 Å². The molecule has 6 nitrogen and oxygen atoms in total. The molecule has 6 heteroatoms. The van der Waals surface area contributed by atoms with E-state index >= 15 is 0 Å². The van der Waals surface area contributed by atoms with Crippen LogP contribution in [0.3, 0.4) is 0 Å². The van der Waals surface area contributed by atoms with Gasteiger partial charge in [-0.3, -0.25) is 19.3 Å². The van der Waals surface area contributed by atoms with Crippen molar-refractivity contribution in [2.75, 3.05) is 24.6 Å². The molecular weight excluding hydrogens is 308 g/mol. The van der Waals surface area contributed by atoms with Gasteiger partial charge in [-0.1, -0.05) is 26.0 Å². The van der Waals surface area contributed by atoms with Crippen molar-refractivity contribution in [2.24, 2.45) is 0 Å². The van der Waals surface area contributed by atoms with Gasteiger partial charge in [-0.05, 0) is 37.7 Å². The molecule has 1 aliphatic heterocycles. The van der Waals surface area contributed by atoms with E-state index in [1.54, 1.807) is 31.2 Å². The van der Waals surface area contributed by atoms with Gasteiger partial charge in [-0.2, -0.15) is 0 Å². The van der Waals surface area contributed by atoms with Crippen molar-refractivity contribution < 1.29 is 19.1 Å². The molecule has 24 heavy (non-hydrogen) atoms. The molecule has 1 aromatic rings. The van der Waals surface area contributed by atoms with Crippen LogP contribution in [0.5, 0.6) is 0 Å². The van der Waals surface area contributed by atoms with Crippen LogP contribution in [0.2, 0.25) is 0 Å². The lowest BCUT2D eigenvalue weighted by atomic mass is 10.1. The molecule has 0 bridgehead atoms. The van der Waals surface area contributed by atoms with E-state index in [1.807, 2.05) is 18.7 Å². The van der Waals surface area contributed by atoms with Gasteiger partial charge in [-0.25, -0.2) is 4.90 Å². The maximum Gasteiger partial charge on any atom is 0.310 e. The van der Waals surface area contributed by atoms with Gasteiger partial charge >= 0.3 is 5.97 Å². The van der Waals surface area contributed by atoms with Gasteiger partial charge in [-0.15, -0.1) is 0 Å². The van der Waals surface area contributed by atoms with Crippen LogP contribution in [0.15, 0.2) is 24.3 Å². The van der Waals surface area contributed by atoms with Crippen molar-refractivity contribution in [1.29, 1.82) is 0 Å². The van der Waals surface area contributed by atoms with Crippen LogP contribution in [0.4, 0.5) is 5.69 Å². The second-order valence-corrected chi connectivity index (χ2v) is 5.66. The Morgan fingerprint density at radius 2 is 1.79 bits per heavy atom. The van der Waals surface area contributed by atoms with Crippen molar-refractivity contribution in [2.45, 2.75) is 39.7 Å². The third kappa shape index (κ3) is 3.82. The Morgan fingerprint density at radius 1 is 1.17 bits per heavy atom. The summed E-state index contributed by atoms with van der Waals surface area (Å²) in [4.78, 5) is 39.6. The van der Waals surface area contributed by atoms with E-state index in [0.29, 0.717) is 12.3 Å². The molecule has 1 saturated heterocycles. The second-order valence-electron chi connectivity index (χ2n) is 5.66. The van der Waals surface area contributed by atoms with Gasteiger partial charge in [0.1, 0.15) is 0 Å². The number of carbonyl (C=O) groups is 3. The summed E-state index contributed by atoms with van der Waals surface area (Å²) in [5, 5.41) is 0. The predicted octanol–water partition coefficient (Wildman–Crippen LogP) is 1.77. The number of rotatable bonds is 7. The molecule has 0 unspecified atom stereocenters. The lowest BCUT2D eigenvalue weighted by molar-refractivity contribution is -0.142. The minimum atomic E-state index is -0.383. The highest BCUT2D eigenvalue weighted by atomic mass is 16.5. The van der Waals surface area contributed by atoms with Gasteiger partial charge in [0.15, 0.2) is 0 Å². The van der Waals surface area contributed by atoms with E-state index in [-0.39, 0.29) is 36.7 Å². The quantitative estimate of drug-likeness (QED) is 0.562. The van der Waals surface area contributed by atoms with Crippen molar-refractivity contribution in [3.63, 3.8) is 0 Å². The SMILES string of the molecule is CCOC(=O)Cc1ccc(N2C(=O)C[C@H](N(CC)CC)C2=O)cc1. The third-order valence-electron chi connectivity index (χ3n) is 4.22. The fourth-order valence-electron chi connectivity index (χ4n) is 2.98. The number of hydrogen-bond donors (Lipinski definition) is 0. The van der Waals surface area contributed by atoms with Crippen LogP contribution in [-0.2, 0) is 25.5 Å². The van der Waals surface area contributed by atoms with E-state index in [1.165, 1.54) is 4.90 Å². The summed E-state index contributed by atoms with van der Waals surface area (Å²) in [6, 6.07) is 6.52. The number of nitrogens with zero attached hydrogens (tertiary/aromatic N) is 2. The van der Waals surface area contributed by atoms with Gasteiger partial charge in [0.25, 0.3) is 5.91 Å². The van der Waals surface area contributed by atoms with Gasteiger partial charge in [0.2, 0.25) is 5.91 Å². The number of ether oxygens (including phenoxy) is 1. The average molecular weight is 332 g/mol. The highest BCUT2D eigenvalue weighted by molar-refractivity contribution is 6.22. The zero-order valence-electron chi connectivity index (χ0n) is 14.4. The normalized spacial score (nSPS) is 17.7. The molecule has 130 valence electrons. The molecule has 1 aromatic carbocycles. The topological polar surface area (TPSA) is 66.9 Å². The minimum absolute atomic E-state index is 0.179. The summed E-state index contributed by atoms with van der Waals surface area (Å²) in [7, 11) is 0. The Morgan fingerprint density at radius 3 is 2.33 bits per heavy atom. The smallest absolute Gasteiger partial charge is 0.310 e. The van der Waals surface area contributed by atoms with Crippen LogP contribution in [0.1, 0.15) is 32.8 Å². The average Bonchev–Trinajstić information content (AvgIpc) is 2.85. The number of hydrogen-bond acceptors (Lipinski definition) is 5. The van der Waals surface area contributed by atoms with E-state index < -0.39 is 0 Å². The fraction of sp³-hybridized carbons (Fsp3) is 0.500. The molecule has 0 N–H and O–H groups in total. The summed E-state index contributed by atoms with van der Waals surface area (Å²) in [5.41, 5.74) is 1.34. The van der Waals surface area contributed by atoms with Gasteiger partial charge < -0.3 is 4.74 Å². The van der Waals surface area contributed by atoms with Crippen LogP contribution in [-0.4, -0.2) is 48.4 Å². The first-order valence-corrected chi connectivity index (χ1v) is 8.37. The Kier molecular flexibility index (Phi) is 6.09. The maximum absolute atomic E-state index is 12.6. The monoisotopic (exact) mass is 332 g/mol. The number of likely N-dealkylation sites (N-methyl/N-ethyl adjacent to an activating group) is 1. The van der Waals surface area contributed by atoms with E-state index in [4.69, 9.17) is 4.74 Å². The van der Waals surface area contributed by atoms with Crippen molar-refractivity contribution in [3.05, 3.63) is 29.8 Å². The molecule has 0 spiro atoms. The molecule has 0 radical (unpaired) electrons.